The van der Waals surface area contributed by atoms with Crippen molar-refractivity contribution in [2.75, 3.05) is 46.1 Å². The van der Waals surface area contributed by atoms with Crippen molar-refractivity contribution < 1.29 is 18.4 Å². The summed E-state index contributed by atoms with van der Waals surface area (Å²) in [5, 5.41) is 7.37. The molecule has 0 atom stereocenters. The van der Waals surface area contributed by atoms with Gasteiger partial charge in [-0.2, -0.15) is 0 Å². The van der Waals surface area contributed by atoms with Gasteiger partial charge in [-0.25, -0.2) is 4.39 Å². The number of ether oxygens (including phenoxy) is 2. The Labute approximate surface area is 175 Å². The minimum atomic E-state index is -0.267. The second kappa shape index (κ2) is 9.90. The Kier molecular flexibility index (Phi) is 6.81. The number of hydrogen-bond acceptors (Lipinski definition) is 6. The van der Waals surface area contributed by atoms with Crippen molar-refractivity contribution in [2.45, 2.75) is 26.5 Å². The van der Waals surface area contributed by atoms with Gasteiger partial charge in [0.1, 0.15) is 17.8 Å². The quantitative estimate of drug-likeness (QED) is 0.569. The van der Waals surface area contributed by atoms with Crippen LogP contribution < -0.4 is 10.1 Å². The maximum atomic E-state index is 13.9. The molecule has 9 heteroatoms. The number of guanidine groups is 1. The van der Waals surface area contributed by atoms with E-state index in [1.807, 2.05) is 6.07 Å². The van der Waals surface area contributed by atoms with Crippen molar-refractivity contribution >= 4 is 5.96 Å². The van der Waals surface area contributed by atoms with Gasteiger partial charge in [0.05, 0.1) is 12.3 Å². The third-order valence-corrected chi connectivity index (χ3v) is 5.28. The monoisotopic (exact) mass is 417 g/mol. The first-order valence-electron chi connectivity index (χ1n) is 10.4. The maximum Gasteiger partial charge on any atom is 0.194 e. The summed E-state index contributed by atoms with van der Waals surface area (Å²) in [7, 11) is 0. The molecule has 0 spiro atoms. The number of fused-ring (bicyclic) bond motifs is 1. The maximum absolute atomic E-state index is 13.9. The normalized spacial score (nSPS) is 17.5. The van der Waals surface area contributed by atoms with E-state index in [2.05, 4.69) is 27.2 Å². The highest BCUT2D eigenvalue weighted by molar-refractivity contribution is 5.80. The van der Waals surface area contributed by atoms with Crippen LogP contribution in [0.3, 0.4) is 0 Å². The van der Waals surface area contributed by atoms with E-state index >= 15 is 0 Å². The van der Waals surface area contributed by atoms with Crippen LogP contribution >= 0.6 is 0 Å². The Balaban J connectivity index is 1.35. The van der Waals surface area contributed by atoms with Crippen molar-refractivity contribution in [3.63, 3.8) is 0 Å². The minimum absolute atomic E-state index is 0.205. The fraction of sp³-hybridized carbons (Fsp3) is 0.524. The van der Waals surface area contributed by atoms with E-state index in [1.54, 1.807) is 6.26 Å². The molecule has 162 valence electrons. The molecule has 4 rings (SSSR count). The molecule has 0 amide bonds. The van der Waals surface area contributed by atoms with Crippen LogP contribution in [0, 0.1) is 5.82 Å². The second-order valence-electron chi connectivity index (χ2n) is 7.40. The first-order chi connectivity index (χ1) is 14.7. The molecule has 2 aliphatic rings. The van der Waals surface area contributed by atoms with Crippen molar-refractivity contribution in [2.24, 2.45) is 4.99 Å². The van der Waals surface area contributed by atoms with Crippen LogP contribution in [0.5, 0.6) is 5.75 Å². The van der Waals surface area contributed by atoms with Gasteiger partial charge in [-0.05, 0) is 31.0 Å². The van der Waals surface area contributed by atoms with Crippen LogP contribution in [0.25, 0.3) is 0 Å². The summed E-state index contributed by atoms with van der Waals surface area (Å²) < 4.78 is 29.7. The number of aromatic nitrogens is 1. The zero-order valence-electron chi connectivity index (χ0n) is 17.3. The molecular weight excluding hydrogens is 389 g/mol. The summed E-state index contributed by atoms with van der Waals surface area (Å²) in [6.45, 7) is 8.44. The molecule has 2 aromatic rings. The molecule has 1 N–H and O–H groups in total. The molecule has 1 aromatic heterocycles. The van der Waals surface area contributed by atoms with Gasteiger partial charge in [-0.1, -0.05) is 5.16 Å². The summed E-state index contributed by atoms with van der Waals surface area (Å²) in [6, 6.07) is 4.91. The molecular formula is C21H28FN5O3. The Morgan fingerprint density at radius 2 is 2.13 bits per heavy atom. The van der Waals surface area contributed by atoms with Crippen molar-refractivity contribution in [1.29, 1.82) is 0 Å². The minimum Gasteiger partial charge on any atom is -0.467 e. The highest BCUT2D eigenvalue weighted by atomic mass is 19.1. The summed E-state index contributed by atoms with van der Waals surface area (Å²) in [6.07, 6.45) is 2.22. The van der Waals surface area contributed by atoms with E-state index in [0.29, 0.717) is 19.6 Å². The number of piperazine rings is 1. The fourth-order valence-electron chi connectivity index (χ4n) is 3.82. The molecule has 0 radical (unpaired) electrons. The standard InChI is InChI=1S/C21H28FN5O3/c1-2-23-21(27-8-6-26(7-9-27)13-19-4-10-30-25-19)24-5-3-16-11-18(22)12-17-14-28-15-29-20(16)17/h4,10-12H,2-3,5-9,13-15H2,1H3,(H,23,24). The largest absolute Gasteiger partial charge is 0.467 e. The first kappa shape index (κ1) is 20.6. The van der Waals surface area contributed by atoms with E-state index in [-0.39, 0.29) is 12.6 Å². The molecule has 0 aliphatic carbocycles. The topological polar surface area (TPSA) is 75.4 Å². The van der Waals surface area contributed by atoms with E-state index in [0.717, 1.165) is 67.8 Å². The van der Waals surface area contributed by atoms with E-state index in [4.69, 9.17) is 19.0 Å². The van der Waals surface area contributed by atoms with Crippen LogP contribution in [0.2, 0.25) is 0 Å². The lowest BCUT2D eigenvalue weighted by atomic mass is 10.1. The zero-order chi connectivity index (χ0) is 20.8. The lowest BCUT2D eigenvalue weighted by molar-refractivity contribution is -0.0172. The van der Waals surface area contributed by atoms with Gasteiger partial charge in [-0.3, -0.25) is 9.89 Å². The number of hydrogen-bond donors (Lipinski definition) is 1. The number of rotatable bonds is 6. The van der Waals surface area contributed by atoms with E-state index in [9.17, 15) is 4.39 Å². The number of nitrogens with one attached hydrogen (secondary N) is 1. The number of nitrogens with zero attached hydrogens (tertiary/aromatic N) is 4. The molecule has 30 heavy (non-hydrogen) atoms. The van der Waals surface area contributed by atoms with Crippen LogP contribution in [0.4, 0.5) is 4.39 Å². The molecule has 0 unspecified atom stereocenters. The van der Waals surface area contributed by atoms with Crippen molar-refractivity contribution in [3.8, 4) is 5.75 Å². The average molecular weight is 417 g/mol. The molecule has 1 saturated heterocycles. The number of aliphatic imine (C=N–C) groups is 1. The highest BCUT2D eigenvalue weighted by Gasteiger charge is 2.21. The Hall–Kier alpha value is -2.65. The molecule has 8 nitrogen and oxygen atoms in total. The molecule has 0 saturated carbocycles. The predicted octanol–water partition coefficient (Wildman–Crippen LogP) is 2.01. The van der Waals surface area contributed by atoms with Gasteiger partial charge in [0, 0.05) is 57.4 Å². The summed E-state index contributed by atoms with van der Waals surface area (Å²) in [5.41, 5.74) is 2.55. The third-order valence-electron chi connectivity index (χ3n) is 5.28. The van der Waals surface area contributed by atoms with Crippen molar-refractivity contribution in [3.05, 3.63) is 47.1 Å². The van der Waals surface area contributed by atoms with Gasteiger partial charge < -0.3 is 24.2 Å². The zero-order valence-corrected chi connectivity index (χ0v) is 17.3. The molecule has 1 fully saturated rings. The molecule has 1 aromatic carbocycles. The van der Waals surface area contributed by atoms with Gasteiger partial charge >= 0.3 is 0 Å². The van der Waals surface area contributed by atoms with Crippen LogP contribution in [0.15, 0.2) is 34.0 Å². The number of halogens is 1. The highest BCUT2D eigenvalue weighted by Crippen LogP contribution is 2.29. The Bertz CT molecular complexity index is 851. The lowest BCUT2D eigenvalue weighted by Crippen LogP contribution is -2.52. The van der Waals surface area contributed by atoms with Gasteiger partial charge in [0.25, 0.3) is 0 Å². The van der Waals surface area contributed by atoms with Crippen LogP contribution in [0.1, 0.15) is 23.7 Å². The van der Waals surface area contributed by atoms with E-state index in [1.165, 1.54) is 12.1 Å². The SMILES string of the molecule is CCNC(=NCCc1cc(F)cc2c1OCOC2)N1CCN(Cc2ccon2)CC1. The summed E-state index contributed by atoms with van der Waals surface area (Å²) >= 11 is 0. The summed E-state index contributed by atoms with van der Waals surface area (Å²) in [4.78, 5) is 9.42. The van der Waals surface area contributed by atoms with E-state index < -0.39 is 0 Å². The van der Waals surface area contributed by atoms with Crippen molar-refractivity contribution in [1.82, 2.24) is 20.3 Å². The first-order valence-corrected chi connectivity index (χ1v) is 10.4. The fourth-order valence-corrected chi connectivity index (χ4v) is 3.82. The Morgan fingerprint density at radius 1 is 1.27 bits per heavy atom. The van der Waals surface area contributed by atoms with Crippen LogP contribution in [-0.2, 0) is 24.3 Å². The molecule has 3 heterocycles. The van der Waals surface area contributed by atoms with Crippen LogP contribution in [-0.4, -0.2) is 67.0 Å². The number of benzene rings is 1. The lowest BCUT2D eigenvalue weighted by Gasteiger charge is -2.36. The summed E-state index contributed by atoms with van der Waals surface area (Å²) in [5.74, 6) is 1.37. The smallest absolute Gasteiger partial charge is 0.194 e. The van der Waals surface area contributed by atoms with Gasteiger partial charge in [0.2, 0.25) is 0 Å². The third kappa shape index (κ3) is 5.09. The second-order valence-corrected chi connectivity index (χ2v) is 7.40. The average Bonchev–Trinajstić information content (AvgIpc) is 3.26. The molecule has 0 bridgehead atoms. The van der Waals surface area contributed by atoms with Gasteiger partial charge in [0.15, 0.2) is 12.8 Å². The predicted molar refractivity (Wildman–Crippen MR) is 110 cm³/mol. The Morgan fingerprint density at radius 3 is 2.90 bits per heavy atom. The molecule has 2 aliphatic heterocycles. The van der Waals surface area contributed by atoms with Gasteiger partial charge in [-0.15, -0.1) is 0 Å².